The highest BCUT2D eigenvalue weighted by Crippen LogP contribution is 2.37. The molecule has 10 heteroatoms. The van der Waals surface area contributed by atoms with Crippen LogP contribution >= 0.6 is 0 Å². The second-order valence-corrected chi connectivity index (χ2v) is 7.11. The van der Waals surface area contributed by atoms with Gasteiger partial charge in [0, 0.05) is 24.6 Å². The standard InChI is InChI=1S/C19H20F3N3O4/c1-10-7-14(17(27)11-3-2-6-25(9-11)18(28)29)23-24-16(10)13-5-4-12(8-15(13)26)19(20,21)22/h4-5,7-8,11,17,26-27H,2-3,6,9H2,1H3,(H,28,29)/t11-,17?/m1/s1. The first-order valence-electron chi connectivity index (χ1n) is 8.98. The summed E-state index contributed by atoms with van der Waals surface area (Å²) in [5.74, 6) is -0.909. The van der Waals surface area contributed by atoms with Crippen molar-refractivity contribution in [1.29, 1.82) is 0 Å². The minimum atomic E-state index is -4.57. The lowest BCUT2D eigenvalue weighted by atomic mass is 9.90. The number of phenolic OH excluding ortho intramolecular Hbond substituents is 1. The summed E-state index contributed by atoms with van der Waals surface area (Å²) in [6.45, 7) is 2.23. The van der Waals surface area contributed by atoms with Crippen LogP contribution in [0.15, 0.2) is 24.3 Å². The molecule has 2 atom stereocenters. The number of piperidine rings is 1. The summed E-state index contributed by atoms with van der Waals surface area (Å²) in [5, 5.41) is 37.7. The van der Waals surface area contributed by atoms with Gasteiger partial charge in [0.2, 0.25) is 0 Å². The van der Waals surface area contributed by atoms with Gasteiger partial charge in [-0.1, -0.05) is 0 Å². The van der Waals surface area contributed by atoms with E-state index in [4.69, 9.17) is 5.11 Å². The van der Waals surface area contributed by atoms with Crippen LogP contribution in [0.25, 0.3) is 11.3 Å². The molecule has 0 bridgehead atoms. The SMILES string of the molecule is Cc1cc(C(O)[C@@H]2CCCN(C(=O)O)C2)nnc1-c1ccc(C(F)(F)F)cc1O. The van der Waals surface area contributed by atoms with E-state index < -0.39 is 29.7 Å². The lowest BCUT2D eigenvalue weighted by Crippen LogP contribution is -2.41. The largest absolute Gasteiger partial charge is 0.507 e. The number of alkyl halides is 3. The fourth-order valence-electron chi connectivity index (χ4n) is 3.51. The van der Waals surface area contributed by atoms with Gasteiger partial charge in [0.15, 0.2) is 0 Å². The predicted octanol–water partition coefficient (Wildman–Crippen LogP) is 3.60. The van der Waals surface area contributed by atoms with Crippen molar-refractivity contribution in [3.05, 3.63) is 41.1 Å². The Morgan fingerprint density at radius 2 is 2.00 bits per heavy atom. The molecule has 2 aromatic rings. The Kier molecular flexibility index (Phi) is 5.65. The lowest BCUT2D eigenvalue weighted by Gasteiger charge is -2.33. The number of amides is 1. The van der Waals surface area contributed by atoms with Crippen LogP contribution in [-0.4, -0.2) is 49.6 Å². The Morgan fingerprint density at radius 1 is 1.28 bits per heavy atom. The number of aromatic hydroxyl groups is 1. The number of carbonyl (C=O) groups is 1. The van der Waals surface area contributed by atoms with Crippen LogP contribution in [0.3, 0.4) is 0 Å². The molecule has 1 fully saturated rings. The Balaban J connectivity index is 1.84. The first kappa shape index (κ1) is 20.8. The maximum Gasteiger partial charge on any atom is 0.416 e. The lowest BCUT2D eigenvalue weighted by molar-refractivity contribution is -0.137. The van der Waals surface area contributed by atoms with Gasteiger partial charge in [-0.3, -0.25) is 0 Å². The van der Waals surface area contributed by atoms with E-state index in [-0.39, 0.29) is 29.4 Å². The second-order valence-electron chi connectivity index (χ2n) is 7.11. The van der Waals surface area contributed by atoms with Crippen molar-refractivity contribution in [2.75, 3.05) is 13.1 Å². The van der Waals surface area contributed by atoms with E-state index >= 15 is 0 Å². The van der Waals surface area contributed by atoms with Crippen LogP contribution in [0.5, 0.6) is 5.75 Å². The molecule has 0 radical (unpaired) electrons. The normalized spacial score (nSPS) is 18.5. The second kappa shape index (κ2) is 7.86. The maximum absolute atomic E-state index is 12.8. The number of carboxylic acid groups (broad SMARTS) is 1. The smallest absolute Gasteiger partial charge is 0.416 e. The number of likely N-dealkylation sites (tertiary alicyclic amines) is 1. The van der Waals surface area contributed by atoms with Crippen molar-refractivity contribution in [2.24, 2.45) is 5.92 Å². The van der Waals surface area contributed by atoms with Crippen molar-refractivity contribution in [2.45, 2.75) is 32.0 Å². The Bertz CT molecular complexity index is 920. The molecule has 3 N–H and O–H groups in total. The van der Waals surface area contributed by atoms with Crippen LogP contribution in [0.4, 0.5) is 18.0 Å². The molecule has 0 aliphatic carbocycles. The Morgan fingerprint density at radius 3 is 2.59 bits per heavy atom. The topological polar surface area (TPSA) is 107 Å². The van der Waals surface area contributed by atoms with Crippen molar-refractivity contribution >= 4 is 6.09 Å². The van der Waals surface area contributed by atoms with Gasteiger partial charge < -0.3 is 20.2 Å². The molecule has 1 aliphatic heterocycles. The molecule has 29 heavy (non-hydrogen) atoms. The first-order valence-corrected chi connectivity index (χ1v) is 8.98. The van der Waals surface area contributed by atoms with E-state index in [2.05, 4.69) is 10.2 Å². The van der Waals surface area contributed by atoms with E-state index in [0.29, 0.717) is 31.0 Å². The molecule has 0 spiro atoms. The fraction of sp³-hybridized carbons (Fsp3) is 0.421. The molecule has 1 aromatic heterocycles. The molecule has 1 amide bonds. The van der Waals surface area contributed by atoms with Crippen LogP contribution in [0.2, 0.25) is 0 Å². The summed E-state index contributed by atoms with van der Waals surface area (Å²) in [5.41, 5.74) is 0.0725. The number of hydrogen-bond donors (Lipinski definition) is 3. The molecule has 156 valence electrons. The van der Waals surface area contributed by atoms with Gasteiger partial charge in [-0.05, 0) is 49.6 Å². The first-order chi connectivity index (χ1) is 13.6. The number of rotatable bonds is 3. The highest BCUT2D eigenvalue weighted by atomic mass is 19.4. The number of phenols is 1. The highest BCUT2D eigenvalue weighted by Gasteiger charge is 2.32. The highest BCUT2D eigenvalue weighted by molar-refractivity contribution is 5.69. The fourth-order valence-corrected chi connectivity index (χ4v) is 3.51. The molecule has 7 nitrogen and oxygen atoms in total. The molecule has 1 aliphatic rings. The third kappa shape index (κ3) is 4.42. The van der Waals surface area contributed by atoms with E-state index in [1.54, 1.807) is 13.0 Å². The minimum Gasteiger partial charge on any atom is -0.507 e. The van der Waals surface area contributed by atoms with Gasteiger partial charge >= 0.3 is 12.3 Å². The van der Waals surface area contributed by atoms with Crippen LogP contribution in [0.1, 0.15) is 35.8 Å². The monoisotopic (exact) mass is 411 g/mol. The van der Waals surface area contributed by atoms with E-state index in [9.17, 15) is 28.2 Å². The van der Waals surface area contributed by atoms with E-state index in [1.165, 1.54) is 4.90 Å². The average Bonchev–Trinajstić information content (AvgIpc) is 2.67. The zero-order valence-electron chi connectivity index (χ0n) is 15.5. The van der Waals surface area contributed by atoms with E-state index in [1.807, 2.05) is 0 Å². The molecular formula is C19H20F3N3O4. The molecule has 1 saturated heterocycles. The number of aliphatic hydroxyl groups is 1. The minimum absolute atomic E-state index is 0.0961. The number of benzene rings is 1. The van der Waals surface area contributed by atoms with Crippen LogP contribution < -0.4 is 0 Å². The number of hydrogen-bond acceptors (Lipinski definition) is 5. The molecule has 0 saturated carbocycles. The van der Waals surface area contributed by atoms with Gasteiger partial charge in [0.1, 0.15) is 11.9 Å². The van der Waals surface area contributed by atoms with Crippen LogP contribution in [0, 0.1) is 12.8 Å². The predicted molar refractivity (Wildman–Crippen MR) is 96.2 cm³/mol. The van der Waals surface area contributed by atoms with Gasteiger partial charge in [-0.25, -0.2) is 4.79 Å². The van der Waals surface area contributed by atoms with Crippen molar-refractivity contribution < 1.29 is 33.3 Å². The molecule has 2 heterocycles. The maximum atomic E-state index is 12.8. The Hall–Kier alpha value is -2.88. The number of nitrogens with zero attached hydrogens (tertiary/aromatic N) is 3. The van der Waals surface area contributed by atoms with Crippen molar-refractivity contribution in [3.63, 3.8) is 0 Å². The zero-order valence-corrected chi connectivity index (χ0v) is 15.5. The third-order valence-corrected chi connectivity index (χ3v) is 5.06. The summed E-state index contributed by atoms with van der Waals surface area (Å²) in [6, 6.07) is 4.14. The molecule has 1 unspecified atom stereocenters. The number of aryl methyl sites for hydroxylation is 1. The third-order valence-electron chi connectivity index (χ3n) is 5.06. The van der Waals surface area contributed by atoms with Crippen molar-refractivity contribution in [1.82, 2.24) is 15.1 Å². The number of aromatic nitrogens is 2. The summed E-state index contributed by atoms with van der Waals surface area (Å²) >= 11 is 0. The van der Waals surface area contributed by atoms with Crippen molar-refractivity contribution in [3.8, 4) is 17.0 Å². The summed E-state index contributed by atoms with van der Waals surface area (Å²) in [4.78, 5) is 12.4. The molecule has 3 rings (SSSR count). The number of aliphatic hydroxyl groups excluding tert-OH is 1. The van der Waals surface area contributed by atoms with Crippen LogP contribution in [-0.2, 0) is 6.18 Å². The van der Waals surface area contributed by atoms with Gasteiger partial charge in [-0.2, -0.15) is 18.3 Å². The summed E-state index contributed by atoms with van der Waals surface area (Å²) in [7, 11) is 0. The average molecular weight is 411 g/mol. The summed E-state index contributed by atoms with van der Waals surface area (Å²) in [6.07, 6.45) is -5.39. The van der Waals surface area contributed by atoms with Gasteiger partial charge in [-0.15, -0.1) is 5.10 Å². The number of halogens is 3. The van der Waals surface area contributed by atoms with Gasteiger partial charge in [0.25, 0.3) is 0 Å². The molecule has 1 aromatic carbocycles. The quantitative estimate of drug-likeness (QED) is 0.713. The molecular weight excluding hydrogens is 391 g/mol. The Labute approximate surface area is 164 Å². The van der Waals surface area contributed by atoms with Gasteiger partial charge in [0.05, 0.1) is 17.0 Å². The van der Waals surface area contributed by atoms with E-state index in [0.717, 1.165) is 12.1 Å². The zero-order chi connectivity index (χ0) is 21.3. The summed E-state index contributed by atoms with van der Waals surface area (Å²) < 4.78 is 38.3.